The first kappa shape index (κ1) is 16.4. The third-order valence-electron chi connectivity index (χ3n) is 4.91. The average molecular weight is 352 g/mol. The van der Waals surface area contributed by atoms with Gasteiger partial charge in [-0.3, -0.25) is 0 Å². The fourth-order valence-electron chi connectivity index (χ4n) is 3.45. The number of nitrogens with zero attached hydrogens (tertiary/aromatic N) is 1. The number of aromatic amines is 1. The number of hydrogen-bond donors (Lipinski definition) is 1. The SMILES string of the molecule is COC(=O)c1cccc2[nH]c([C@@H]3C[C@@H]3c3ccc(OC)c(OC)c3)nc12. The fraction of sp³-hybridized carbons (Fsp3) is 0.300. The van der Waals surface area contributed by atoms with Gasteiger partial charge in [0.2, 0.25) is 0 Å². The zero-order chi connectivity index (χ0) is 18.3. The van der Waals surface area contributed by atoms with Crippen LogP contribution in [0.15, 0.2) is 36.4 Å². The molecule has 134 valence electrons. The number of H-pyrrole nitrogens is 1. The monoisotopic (exact) mass is 352 g/mol. The van der Waals surface area contributed by atoms with E-state index in [2.05, 4.69) is 16.0 Å². The second-order valence-electron chi connectivity index (χ2n) is 6.38. The van der Waals surface area contributed by atoms with Crippen LogP contribution < -0.4 is 9.47 Å². The lowest BCUT2D eigenvalue weighted by Gasteiger charge is -2.09. The van der Waals surface area contributed by atoms with Crippen molar-refractivity contribution in [1.29, 1.82) is 0 Å². The first-order valence-corrected chi connectivity index (χ1v) is 8.45. The first-order chi connectivity index (χ1) is 12.7. The topological polar surface area (TPSA) is 73.4 Å². The molecule has 1 heterocycles. The number of hydrogen-bond acceptors (Lipinski definition) is 5. The zero-order valence-electron chi connectivity index (χ0n) is 14.9. The molecule has 2 atom stereocenters. The van der Waals surface area contributed by atoms with Gasteiger partial charge in [-0.25, -0.2) is 9.78 Å². The summed E-state index contributed by atoms with van der Waals surface area (Å²) < 4.78 is 15.5. The van der Waals surface area contributed by atoms with Crippen molar-refractivity contribution in [3.63, 3.8) is 0 Å². The van der Waals surface area contributed by atoms with Crippen molar-refractivity contribution in [1.82, 2.24) is 9.97 Å². The number of nitrogens with one attached hydrogen (secondary N) is 1. The van der Waals surface area contributed by atoms with Gasteiger partial charge in [-0.1, -0.05) is 12.1 Å². The Balaban J connectivity index is 1.63. The van der Waals surface area contributed by atoms with Gasteiger partial charge in [-0.2, -0.15) is 0 Å². The van der Waals surface area contributed by atoms with Crippen molar-refractivity contribution in [3.05, 3.63) is 53.3 Å². The lowest BCUT2D eigenvalue weighted by Crippen LogP contribution is -2.01. The van der Waals surface area contributed by atoms with Gasteiger partial charge in [0.15, 0.2) is 11.5 Å². The molecular weight excluding hydrogens is 332 g/mol. The molecule has 1 aliphatic rings. The summed E-state index contributed by atoms with van der Waals surface area (Å²) in [5, 5.41) is 0. The number of rotatable bonds is 5. The molecule has 6 heteroatoms. The third-order valence-corrected chi connectivity index (χ3v) is 4.91. The van der Waals surface area contributed by atoms with Crippen LogP contribution in [-0.2, 0) is 4.74 Å². The lowest BCUT2D eigenvalue weighted by molar-refractivity contribution is 0.0603. The Morgan fingerprint density at radius 2 is 1.88 bits per heavy atom. The standard InChI is InChI=1S/C20H20N2O4/c1-24-16-8-7-11(9-17(16)25-2)13-10-14(13)19-21-15-6-4-5-12(18(15)22-19)20(23)26-3/h4-9,13-14H,10H2,1-3H3,(H,21,22)/t13-,14-/m1/s1. The highest BCUT2D eigenvalue weighted by molar-refractivity contribution is 6.01. The molecule has 1 aromatic heterocycles. The Morgan fingerprint density at radius 3 is 2.62 bits per heavy atom. The number of ether oxygens (including phenoxy) is 3. The normalized spacial score (nSPS) is 18.6. The molecule has 2 aromatic carbocycles. The number of carbonyl (C=O) groups is 1. The Morgan fingerprint density at radius 1 is 1.08 bits per heavy atom. The largest absolute Gasteiger partial charge is 0.493 e. The first-order valence-electron chi connectivity index (χ1n) is 8.45. The van der Waals surface area contributed by atoms with E-state index >= 15 is 0 Å². The van der Waals surface area contributed by atoms with Gasteiger partial charge in [-0.05, 0) is 42.2 Å². The van der Waals surface area contributed by atoms with Crippen LogP contribution in [0.2, 0.25) is 0 Å². The molecule has 0 radical (unpaired) electrons. The number of carbonyl (C=O) groups excluding carboxylic acids is 1. The molecule has 0 bridgehead atoms. The van der Waals surface area contributed by atoms with Crippen molar-refractivity contribution in [2.45, 2.75) is 18.3 Å². The smallest absolute Gasteiger partial charge is 0.340 e. The summed E-state index contributed by atoms with van der Waals surface area (Å²) in [7, 11) is 4.65. The van der Waals surface area contributed by atoms with E-state index in [4.69, 9.17) is 14.2 Å². The zero-order valence-corrected chi connectivity index (χ0v) is 14.9. The van der Waals surface area contributed by atoms with Gasteiger partial charge in [-0.15, -0.1) is 0 Å². The molecule has 3 aromatic rings. The number of fused-ring (bicyclic) bond motifs is 1. The summed E-state index contributed by atoms with van der Waals surface area (Å²) in [5.41, 5.74) is 3.19. The minimum absolute atomic E-state index is 0.297. The molecule has 0 amide bonds. The minimum atomic E-state index is -0.374. The Kier molecular flexibility index (Phi) is 4.03. The molecule has 0 unspecified atom stereocenters. The van der Waals surface area contributed by atoms with Crippen molar-refractivity contribution >= 4 is 17.0 Å². The van der Waals surface area contributed by atoms with Crippen LogP contribution in [0.5, 0.6) is 11.5 Å². The van der Waals surface area contributed by atoms with E-state index in [-0.39, 0.29) is 5.97 Å². The van der Waals surface area contributed by atoms with E-state index in [1.165, 1.54) is 12.7 Å². The number of para-hydroxylation sites is 1. The molecule has 26 heavy (non-hydrogen) atoms. The Hall–Kier alpha value is -3.02. The van der Waals surface area contributed by atoms with Crippen LogP contribution in [0.3, 0.4) is 0 Å². The number of esters is 1. The number of benzene rings is 2. The predicted octanol–water partition coefficient (Wildman–Crippen LogP) is 3.64. The lowest BCUT2D eigenvalue weighted by atomic mass is 10.1. The highest BCUT2D eigenvalue weighted by atomic mass is 16.5. The van der Waals surface area contributed by atoms with E-state index in [0.29, 0.717) is 22.9 Å². The van der Waals surface area contributed by atoms with E-state index in [1.54, 1.807) is 20.3 Å². The maximum Gasteiger partial charge on any atom is 0.340 e. The van der Waals surface area contributed by atoms with Crippen molar-refractivity contribution < 1.29 is 19.0 Å². The van der Waals surface area contributed by atoms with Gasteiger partial charge in [0.25, 0.3) is 0 Å². The molecular formula is C20H20N2O4. The maximum atomic E-state index is 11.9. The second kappa shape index (κ2) is 6.37. The van der Waals surface area contributed by atoms with Crippen LogP contribution in [0.25, 0.3) is 11.0 Å². The molecule has 0 spiro atoms. The molecule has 1 saturated carbocycles. The average Bonchev–Trinajstić information content (AvgIpc) is 3.37. The predicted molar refractivity (Wildman–Crippen MR) is 97.1 cm³/mol. The summed E-state index contributed by atoms with van der Waals surface area (Å²) in [4.78, 5) is 20.0. The molecule has 1 aliphatic carbocycles. The van der Waals surface area contributed by atoms with E-state index < -0.39 is 0 Å². The highest BCUT2D eigenvalue weighted by Gasteiger charge is 2.42. The van der Waals surface area contributed by atoms with Crippen LogP contribution in [0.4, 0.5) is 0 Å². The molecule has 4 rings (SSSR count). The fourth-order valence-corrected chi connectivity index (χ4v) is 3.45. The van der Waals surface area contributed by atoms with Crippen molar-refractivity contribution in [3.8, 4) is 11.5 Å². The molecule has 0 aliphatic heterocycles. The third kappa shape index (κ3) is 2.67. The van der Waals surface area contributed by atoms with Crippen LogP contribution in [0, 0.1) is 0 Å². The number of imidazole rings is 1. The molecule has 1 fully saturated rings. The van der Waals surface area contributed by atoms with Gasteiger partial charge >= 0.3 is 5.97 Å². The molecule has 0 saturated heterocycles. The summed E-state index contributed by atoms with van der Waals surface area (Å²) in [5.74, 6) is 2.65. The minimum Gasteiger partial charge on any atom is -0.493 e. The van der Waals surface area contributed by atoms with E-state index in [1.807, 2.05) is 24.3 Å². The maximum absolute atomic E-state index is 11.9. The molecule has 1 N–H and O–H groups in total. The van der Waals surface area contributed by atoms with Crippen LogP contribution in [0.1, 0.15) is 40.0 Å². The Labute approximate surface area is 151 Å². The number of aromatic nitrogens is 2. The van der Waals surface area contributed by atoms with E-state index in [0.717, 1.165) is 29.3 Å². The quantitative estimate of drug-likeness (QED) is 0.710. The van der Waals surface area contributed by atoms with Crippen molar-refractivity contribution in [2.24, 2.45) is 0 Å². The van der Waals surface area contributed by atoms with Gasteiger partial charge in [0, 0.05) is 5.92 Å². The summed E-state index contributed by atoms with van der Waals surface area (Å²) in [6.07, 6.45) is 1.00. The summed E-state index contributed by atoms with van der Waals surface area (Å²) >= 11 is 0. The number of methoxy groups -OCH3 is 3. The van der Waals surface area contributed by atoms with Crippen LogP contribution in [-0.4, -0.2) is 37.3 Å². The van der Waals surface area contributed by atoms with E-state index in [9.17, 15) is 4.79 Å². The molecule has 6 nitrogen and oxygen atoms in total. The van der Waals surface area contributed by atoms with Crippen molar-refractivity contribution in [2.75, 3.05) is 21.3 Å². The highest BCUT2D eigenvalue weighted by Crippen LogP contribution is 2.55. The summed E-state index contributed by atoms with van der Waals surface area (Å²) in [6.45, 7) is 0. The second-order valence-corrected chi connectivity index (χ2v) is 6.38. The summed E-state index contributed by atoms with van der Waals surface area (Å²) in [6, 6.07) is 11.5. The van der Waals surface area contributed by atoms with Crippen LogP contribution >= 0.6 is 0 Å². The van der Waals surface area contributed by atoms with Gasteiger partial charge in [0.05, 0.1) is 32.4 Å². The van der Waals surface area contributed by atoms with Gasteiger partial charge in [0.1, 0.15) is 11.3 Å². The van der Waals surface area contributed by atoms with Gasteiger partial charge < -0.3 is 19.2 Å². The Bertz CT molecular complexity index is 979.